The lowest BCUT2D eigenvalue weighted by Crippen LogP contribution is -2.55. The number of hydrogen-bond acceptors (Lipinski definition) is 6. The quantitative estimate of drug-likeness (QED) is 0.228. The maximum absolute atomic E-state index is 14.7. The van der Waals surface area contributed by atoms with Crippen LogP contribution in [0.4, 0.5) is 0 Å². The summed E-state index contributed by atoms with van der Waals surface area (Å²) in [6.07, 6.45) is 3.95. The van der Waals surface area contributed by atoms with E-state index in [1.165, 1.54) is 28.2 Å². The summed E-state index contributed by atoms with van der Waals surface area (Å²) < 4.78 is 0. The number of piperazine rings is 1. The molecule has 2 amide bonds. The molecule has 1 N–H and O–H groups in total. The first kappa shape index (κ1) is 31.1. The Morgan fingerprint density at radius 2 is 1.47 bits per heavy atom. The maximum atomic E-state index is 14.7. The molecule has 0 aliphatic carbocycles. The van der Waals surface area contributed by atoms with Gasteiger partial charge in [-0.2, -0.15) is 0 Å². The molecule has 2 aliphatic rings. The van der Waals surface area contributed by atoms with Crippen LogP contribution in [-0.4, -0.2) is 65.7 Å². The number of carbonyl (C=O) groups excluding carboxylic acids is 3. The highest BCUT2D eigenvalue weighted by Gasteiger charge is 2.57. The van der Waals surface area contributed by atoms with Crippen LogP contribution >= 0.6 is 22.7 Å². The normalized spacial score (nSPS) is 22.2. The van der Waals surface area contributed by atoms with E-state index >= 15 is 0 Å². The van der Waals surface area contributed by atoms with Gasteiger partial charge in [0.2, 0.25) is 5.91 Å². The predicted molar refractivity (Wildman–Crippen MR) is 183 cm³/mol. The van der Waals surface area contributed by atoms with Crippen molar-refractivity contribution in [3.05, 3.63) is 122 Å². The largest absolute Gasteiger partial charge is 0.338 e. The third-order valence-corrected chi connectivity index (χ3v) is 10.6. The van der Waals surface area contributed by atoms with Gasteiger partial charge in [0.05, 0.1) is 21.7 Å². The van der Waals surface area contributed by atoms with Crippen LogP contribution in [0, 0.1) is 5.92 Å². The highest BCUT2D eigenvalue weighted by Crippen LogP contribution is 2.47. The van der Waals surface area contributed by atoms with Crippen molar-refractivity contribution >= 4 is 46.3 Å². The molecule has 8 heteroatoms. The first-order valence-electron chi connectivity index (χ1n) is 15.5. The zero-order valence-electron chi connectivity index (χ0n) is 25.9. The Kier molecular flexibility index (Phi) is 9.17. The maximum Gasteiger partial charge on any atom is 0.265 e. The average Bonchev–Trinajstić information content (AvgIpc) is 3.85. The van der Waals surface area contributed by atoms with Crippen LogP contribution in [0.5, 0.6) is 0 Å². The molecule has 0 bridgehead atoms. The lowest BCUT2D eigenvalue weighted by atomic mass is 9.77. The monoisotopic (exact) mass is 637 g/mol. The topological polar surface area (TPSA) is 69.7 Å². The van der Waals surface area contributed by atoms with Gasteiger partial charge in [-0.3, -0.25) is 14.4 Å². The van der Waals surface area contributed by atoms with E-state index in [0.29, 0.717) is 35.9 Å². The van der Waals surface area contributed by atoms with Gasteiger partial charge in [0, 0.05) is 32.1 Å². The molecule has 4 atom stereocenters. The third kappa shape index (κ3) is 6.45. The first-order chi connectivity index (χ1) is 21.7. The second kappa shape index (κ2) is 13.3. The van der Waals surface area contributed by atoms with Crippen molar-refractivity contribution in [3.63, 3.8) is 0 Å². The number of likely N-dealkylation sites (tertiary alicyclic amines) is 1. The SMILES string of the molecule is CC(C)(C)c1ccc(C2C(C(=O)c3cccs3)C(C=Cc3ccccc3)N(C(=O)c3cccs3)C2C(=O)N2CCNCC2)cc1. The summed E-state index contributed by atoms with van der Waals surface area (Å²) in [7, 11) is 0. The number of thiophene rings is 2. The molecule has 0 spiro atoms. The highest BCUT2D eigenvalue weighted by atomic mass is 32.1. The van der Waals surface area contributed by atoms with Crippen molar-refractivity contribution in [1.29, 1.82) is 0 Å². The number of rotatable bonds is 7. The van der Waals surface area contributed by atoms with E-state index in [1.807, 2.05) is 76.3 Å². The molecule has 2 aromatic heterocycles. The molecular weight excluding hydrogens is 599 g/mol. The first-order valence-corrected chi connectivity index (χ1v) is 17.3. The molecule has 232 valence electrons. The van der Waals surface area contributed by atoms with Crippen molar-refractivity contribution in [1.82, 2.24) is 15.1 Å². The van der Waals surface area contributed by atoms with Gasteiger partial charge in [0.25, 0.3) is 5.91 Å². The molecule has 45 heavy (non-hydrogen) atoms. The smallest absolute Gasteiger partial charge is 0.265 e. The molecule has 6 nitrogen and oxygen atoms in total. The van der Waals surface area contributed by atoms with Gasteiger partial charge in [0.1, 0.15) is 6.04 Å². The van der Waals surface area contributed by atoms with Crippen LogP contribution in [-0.2, 0) is 10.2 Å². The van der Waals surface area contributed by atoms with Crippen LogP contribution in [0.15, 0.2) is 95.7 Å². The summed E-state index contributed by atoms with van der Waals surface area (Å²) in [4.78, 5) is 48.7. The summed E-state index contributed by atoms with van der Waals surface area (Å²) in [5, 5.41) is 7.12. The molecule has 6 rings (SSSR count). The van der Waals surface area contributed by atoms with Gasteiger partial charge < -0.3 is 15.1 Å². The fraction of sp³-hybridized carbons (Fsp3) is 0.324. The minimum atomic E-state index is -0.850. The van der Waals surface area contributed by atoms with Crippen molar-refractivity contribution in [2.45, 2.75) is 44.2 Å². The number of nitrogens with one attached hydrogen (secondary N) is 1. The Labute approximate surface area is 273 Å². The predicted octanol–water partition coefficient (Wildman–Crippen LogP) is 6.73. The number of amides is 2. The molecule has 0 saturated carbocycles. The molecule has 0 radical (unpaired) electrons. The van der Waals surface area contributed by atoms with Gasteiger partial charge in [-0.15, -0.1) is 22.7 Å². The van der Waals surface area contributed by atoms with Crippen molar-refractivity contribution in [3.8, 4) is 0 Å². The number of ketones is 1. The molecule has 2 saturated heterocycles. The summed E-state index contributed by atoms with van der Waals surface area (Å²) in [6.45, 7) is 9.00. The zero-order chi connectivity index (χ0) is 31.6. The molecule has 2 fully saturated rings. The highest BCUT2D eigenvalue weighted by molar-refractivity contribution is 7.12. The van der Waals surface area contributed by atoms with Gasteiger partial charge in [0.15, 0.2) is 5.78 Å². The number of hydrogen-bond donors (Lipinski definition) is 1. The third-order valence-electron chi connectivity index (χ3n) is 8.88. The fourth-order valence-corrected chi connectivity index (χ4v) is 7.94. The van der Waals surface area contributed by atoms with Crippen molar-refractivity contribution < 1.29 is 14.4 Å². The van der Waals surface area contributed by atoms with E-state index in [9.17, 15) is 14.4 Å². The number of nitrogens with zero attached hydrogens (tertiary/aromatic N) is 2. The van der Waals surface area contributed by atoms with Crippen LogP contribution < -0.4 is 5.32 Å². The van der Waals surface area contributed by atoms with Gasteiger partial charge in [-0.25, -0.2) is 0 Å². The van der Waals surface area contributed by atoms with E-state index in [2.05, 4.69) is 50.4 Å². The molecule has 4 unspecified atom stereocenters. The van der Waals surface area contributed by atoms with Gasteiger partial charge >= 0.3 is 0 Å². The van der Waals surface area contributed by atoms with E-state index in [1.54, 1.807) is 11.0 Å². The lowest BCUT2D eigenvalue weighted by molar-refractivity contribution is -0.136. The standard InChI is InChI=1S/C37H39N3O3S2/c1-37(2,3)27-16-14-26(15-17-27)31-32(34(41)29-11-7-23-44-29)28(18-13-25-9-5-4-6-10-25)40(35(42)30-12-8-24-45-30)33(31)36(43)39-21-19-38-20-22-39/h4-18,23-24,28,31-33,38H,19-22H2,1-3H3. The minimum Gasteiger partial charge on any atom is -0.338 e. The van der Waals surface area contributed by atoms with E-state index in [0.717, 1.165) is 11.1 Å². The zero-order valence-corrected chi connectivity index (χ0v) is 27.5. The number of benzene rings is 2. The molecule has 4 aromatic rings. The Morgan fingerprint density at radius 1 is 0.822 bits per heavy atom. The van der Waals surface area contributed by atoms with E-state index in [-0.39, 0.29) is 23.0 Å². The molecule has 2 aliphatic heterocycles. The summed E-state index contributed by atoms with van der Waals surface area (Å²) in [5.74, 6) is -1.57. The number of Topliss-reactive ketones (excluding diaryl/α,β-unsaturated/α-hetero) is 1. The fourth-order valence-electron chi connectivity index (χ4n) is 6.56. The molecular formula is C37H39N3O3S2. The Morgan fingerprint density at radius 3 is 2.07 bits per heavy atom. The minimum absolute atomic E-state index is 0.0443. The van der Waals surface area contributed by atoms with E-state index in [4.69, 9.17) is 0 Å². The van der Waals surface area contributed by atoms with Crippen LogP contribution in [0.25, 0.3) is 6.08 Å². The number of carbonyl (C=O) groups is 3. The Bertz CT molecular complexity index is 1640. The van der Waals surface area contributed by atoms with E-state index < -0.39 is 23.9 Å². The Balaban J connectivity index is 1.56. The van der Waals surface area contributed by atoms with Gasteiger partial charge in [-0.1, -0.05) is 99.7 Å². The van der Waals surface area contributed by atoms with Crippen molar-refractivity contribution in [2.24, 2.45) is 5.92 Å². The second-order valence-corrected chi connectivity index (χ2v) is 14.6. The average molecular weight is 638 g/mol. The molecule has 2 aromatic carbocycles. The van der Waals surface area contributed by atoms with Crippen LogP contribution in [0.1, 0.15) is 62.7 Å². The summed E-state index contributed by atoms with van der Waals surface area (Å²) in [5.41, 5.74) is 2.97. The summed E-state index contributed by atoms with van der Waals surface area (Å²) in [6, 6.07) is 24.1. The Hall–Kier alpha value is -3.85. The second-order valence-electron chi connectivity index (χ2n) is 12.7. The van der Waals surface area contributed by atoms with Crippen molar-refractivity contribution in [2.75, 3.05) is 26.2 Å². The lowest BCUT2D eigenvalue weighted by Gasteiger charge is -2.36. The van der Waals surface area contributed by atoms with Crippen LogP contribution in [0.2, 0.25) is 0 Å². The van der Waals surface area contributed by atoms with Crippen LogP contribution in [0.3, 0.4) is 0 Å². The summed E-state index contributed by atoms with van der Waals surface area (Å²) >= 11 is 2.76. The molecule has 4 heterocycles. The van der Waals surface area contributed by atoms with Gasteiger partial charge in [-0.05, 0) is 45.0 Å².